The summed E-state index contributed by atoms with van der Waals surface area (Å²) in [4.78, 5) is 23.9. The van der Waals surface area contributed by atoms with Gasteiger partial charge in [0.2, 0.25) is 0 Å². The fraction of sp³-hybridized carbons (Fsp3) is 0.333. The van der Waals surface area contributed by atoms with Crippen LogP contribution in [0.2, 0.25) is 0 Å². The van der Waals surface area contributed by atoms with Crippen LogP contribution in [0.3, 0.4) is 0 Å². The van der Waals surface area contributed by atoms with Crippen molar-refractivity contribution in [2.45, 2.75) is 18.9 Å². The first-order valence-corrected chi connectivity index (χ1v) is 8.05. The quantitative estimate of drug-likeness (QED) is 0.563. The lowest BCUT2D eigenvalue weighted by Gasteiger charge is -2.12. The number of benzene rings is 2. The lowest BCUT2D eigenvalue weighted by molar-refractivity contribution is -0.124. The first-order valence-electron chi connectivity index (χ1n) is 8.05. The Morgan fingerprint density at radius 1 is 1.24 bits per heavy atom. The molecule has 1 atom stereocenters. The molecule has 1 saturated heterocycles. The van der Waals surface area contributed by atoms with Crippen LogP contribution in [0.5, 0.6) is 11.5 Å². The molecule has 2 aromatic rings. The molecule has 7 nitrogen and oxygen atoms in total. The zero-order valence-corrected chi connectivity index (χ0v) is 13.5. The van der Waals surface area contributed by atoms with Gasteiger partial charge < -0.3 is 25.0 Å². The van der Waals surface area contributed by atoms with E-state index in [1.807, 2.05) is 0 Å². The number of aromatic hydroxyl groups is 2. The average Bonchev–Trinajstić information content (AvgIpc) is 3.14. The molecule has 1 heterocycles. The number of fused-ring (bicyclic) bond motifs is 1. The molecule has 0 saturated carbocycles. The molecular weight excluding hydrogens is 326 g/mol. The van der Waals surface area contributed by atoms with E-state index in [0.29, 0.717) is 23.9 Å². The zero-order chi connectivity index (χ0) is 17.8. The maximum absolute atomic E-state index is 12.1. The highest BCUT2D eigenvalue weighted by atomic mass is 16.5. The Morgan fingerprint density at radius 3 is 2.72 bits per heavy atom. The molecule has 0 radical (unpaired) electrons. The minimum atomic E-state index is -0.884. The monoisotopic (exact) mass is 345 g/mol. The second-order valence-corrected chi connectivity index (χ2v) is 5.85. The van der Waals surface area contributed by atoms with E-state index in [9.17, 15) is 19.8 Å². The largest absolute Gasteiger partial charge is 0.507 e. The number of carbonyl (C=O) groups excluding carboxylic acids is 2. The highest BCUT2D eigenvalue weighted by Crippen LogP contribution is 2.35. The van der Waals surface area contributed by atoms with Crippen LogP contribution < -0.4 is 5.32 Å². The highest BCUT2D eigenvalue weighted by Gasteiger charge is 2.20. The Hall–Kier alpha value is -2.80. The molecule has 0 aliphatic carbocycles. The van der Waals surface area contributed by atoms with E-state index in [0.717, 1.165) is 18.9 Å². The number of phenols is 2. The van der Waals surface area contributed by atoms with Crippen molar-refractivity contribution in [2.24, 2.45) is 0 Å². The van der Waals surface area contributed by atoms with Crippen LogP contribution in [-0.2, 0) is 14.3 Å². The molecule has 132 valence electrons. The predicted octanol–water partition coefficient (Wildman–Crippen LogP) is 1.70. The minimum absolute atomic E-state index is 0.00105. The van der Waals surface area contributed by atoms with Crippen LogP contribution in [0.15, 0.2) is 30.3 Å². The van der Waals surface area contributed by atoms with E-state index in [2.05, 4.69) is 5.32 Å². The van der Waals surface area contributed by atoms with Gasteiger partial charge in [-0.1, -0.05) is 24.3 Å². The Morgan fingerprint density at radius 2 is 2.00 bits per heavy atom. The van der Waals surface area contributed by atoms with Gasteiger partial charge >= 0.3 is 5.97 Å². The van der Waals surface area contributed by atoms with Gasteiger partial charge in [0.05, 0.1) is 6.10 Å². The summed E-state index contributed by atoms with van der Waals surface area (Å²) in [5.74, 6) is -1.78. The van der Waals surface area contributed by atoms with Gasteiger partial charge in [0, 0.05) is 23.9 Å². The lowest BCUT2D eigenvalue weighted by atomic mass is 10.0. The Bertz CT molecular complexity index is 797. The van der Waals surface area contributed by atoms with Crippen LogP contribution in [0.25, 0.3) is 10.8 Å². The van der Waals surface area contributed by atoms with E-state index in [-0.39, 0.29) is 23.2 Å². The average molecular weight is 345 g/mol. The molecule has 2 aromatic carbocycles. The van der Waals surface area contributed by atoms with Crippen LogP contribution in [0, 0.1) is 0 Å². The van der Waals surface area contributed by atoms with Gasteiger partial charge in [-0.05, 0) is 18.9 Å². The molecule has 1 aliphatic rings. The second-order valence-electron chi connectivity index (χ2n) is 5.85. The van der Waals surface area contributed by atoms with Gasteiger partial charge in [-0.15, -0.1) is 0 Å². The van der Waals surface area contributed by atoms with Crippen LogP contribution >= 0.6 is 0 Å². The topological polar surface area (TPSA) is 105 Å². The van der Waals surface area contributed by atoms with Gasteiger partial charge in [0.1, 0.15) is 17.1 Å². The molecule has 0 bridgehead atoms. The van der Waals surface area contributed by atoms with Gasteiger partial charge in [-0.3, -0.25) is 4.79 Å². The zero-order valence-electron chi connectivity index (χ0n) is 13.5. The van der Waals surface area contributed by atoms with Crippen LogP contribution in [0.4, 0.5) is 0 Å². The van der Waals surface area contributed by atoms with E-state index in [1.165, 1.54) is 0 Å². The van der Waals surface area contributed by atoms with Crippen molar-refractivity contribution in [3.63, 3.8) is 0 Å². The summed E-state index contributed by atoms with van der Waals surface area (Å²) in [6.07, 6.45) is 1.87. The summed E-state index contributed by atoms with van der Waals surface area (Å²) in [6, 6.07) is 7.71. The molecule has 3 rings (SSSR count). The summed E-state index contributed by atoms with van der Waals surface area (Å²) >= 11 is 0. The summed E-state index contributed by atoms with van der Waals surface area (Å²) in [5, 5.41) is 23.6. The van der Waals surface area contributed by atoms with E-state index >= 15 is 0 Å². The summed E-state index contributed by atoms with van der Waals surface area (Å²) in [7, 11) is 0. The number of hydrogen-bond donors (Lipinski definition) is 3. The molecule has 7 heteroatoms. The molecule has 1 aliphatic heterocycles. The van der Waals surface area contributed by atoms with Gasteiger partial charge in [-0.25, -0.2) is 4.79 Å². The van der Waals surface area contributed by atoms with Crippen LogP contribution in [0.1, 0.15) is 23.2 Å². The number of amides is 1. The third-order valence-corrected chi connectivity index (χ3v) is 4.10. The Kier molecular flexibility index (Phi) is 5.04. The predicted molar refractivity (Wildman–Crippen MR) is 89.5 cm³/mol. The molecule has 0 spiro atoms. The van der Waals surface area contributed by atoms with Crippen molar-refractivity contribution in [2.75, 3.05) is 19.8 Å². The molecule has 3 N–H and O–H groups in total. The van der Waals surface area contributed by atoms with Gasteiger partial charge in [0.25, 0.3) is 5.91 Å². The third-order valence-electron chi connectivity index (χ3n) is 4.10. The first kappa shape index (κ1) is 17.0. The minimum Gasteiger partial charge on any atom is -0.507 e. The van der Waals surface area contributed by atoms with Crippen LogP contribution in [-0.4, -0.2) is 48.0 Å². The molecule has 0 aromatic heterocycles. The molecule has 1 fully saturated rings. The van der Waals surface area contributed by atoms with Gasteiger partial charge in [0.15, 0.2) is 6.61 Å². The first-order chi connectivity index (χ1) is 12.1. The van der Waals surface area contributed by atoms with E-state index in [4.69, 9.17) is 9.47 Å². The number of hydrogen-bond acceptors (Lipinski definition) is 6. The maximum atomic E-state index is 12.1. The van der Waals surface area contributed by atoms with Crippen molar-refractivity contribution >= 4 is 22.6 Å². The fourth-order valence-corrected chi connectivity index (χ4v) is 2.79. The lowest BCUT2D eigenvalue weighted by Crippen LogP contribution is -2.34. The number of esters is 1. The smallest absolute Gasteiger partial charge is 0.342 e. The summed E-state index contributed by atoms with van der Waals surface area (Å²) in [6.45, 7) is 0.594. The number of phenolic OH excluding ortho intramolecular Hbond substituents is 2. The third kappa shape index (κ3) is 3.83. The summed E-state index contributed by atoms with van der Waals surface area (Å²) in [5.41, 5.74) is -0.192. The molecule has 0 unspecified atom stereocenters. The van der Waals surface area contributed by atoms with Crippen molar-refractivity contribution in [1.29, 1.82) is 0 Å². The van der Waals surface area contributed by atoms with Crippen molar-refractivity contribution in [3.8, 4) is 11.5 Å². The Balaban J connectivity index is 1.62. The maximum Gasteiger partial charge on any atom is 0.342 e. The standard InChI is InChI=1S/C18H19NO6/c20-15-8-14(17(22)13-6-2-1-5-12(13)15)18(23)25-10-16(21)19-9-11-4-3-7-24-11/h1-2,5-6,8,11,20,22H,3-4,7,9-10H2,(H,19,21)/t11-/m0/s1. The van der Waals surface area contributed by atoms with Crippen molar-refractivity contribution in [1.82, 2.24) is 5.32 Å². The normalized spacial score (nSPS) is 16.7. The Labute approximate surface area is 144 Å². The molecular formula is C18H19NO6. The van der Waals surface area contributed by atoms with Gasteiger partial charge in [-0.2, -0.15) is 0 Å². The van der Waals surface area contributed by atoms with E-state index < -0.39 is 18.5 Å². The number of ether oxygens (including phenoxy) is 2. The molecule has 1 amide bonds. The fourth-order valence-electron chi connectivity index (χ4n) is 2.79. The van der Waals surface area contributed by atoms with Crippen molar-refractivity contribution < 1.29 is 29.3 Å². The second kappa shape index (κ2) is 7.40. The SMILES string of the molecule is O=C(COC(=O)c1cc(O)c2ccccc2c1O)NC[C@@H]1CCCO1. The number of carbonyl (C=O) groups is 2. The van der Waals surface area contributed by atoms with E-state index in [1.54, 1.807) is 24.3 Å². The number of nitrogens with one attached hydrogen (secondary N) is 1. The number of rotatable bonds is 5. The molecule has 25 heavy (non-hydrogen) atoms. The van der Waals surface area contributed by atoms with Crippen molar-refractivity contribution in [3.05, 3.63) is 35.9 Å². The summed E-state index contributed by atoms with van der Waals surface area (Å²) < 4.78 is 10.3. The highest BCUT2D eigenvalue weighted by molar-refractivity contribution is 6.04.